The molecule has 2 rings (SSSR count). The minimum absolute atomic E-state index is 0.290. The highest BCUT2D eigenvalue weighted by atomic mass is 32.1. The van der Waals surface area contributed by atoms with Gasteiger partial charge in [-0.25, -0.2) is 9.97 Å². The van der Waals surface area contributed by atoms with Crippen molar-refractivity contribution in [3.63, 3.8) is 0 Å². The van der Waals surface area contributed by atoms with E-state index in [4.69, 9.17) is 0 Å². The van der Waals surface area contributed by atoms with Crippen molar-refractivity contribution in [1.82, 2.24) is 15.3 Å². The minimum atomic E-state index is 0.290. The highest BCUT2D eigenvalue weighted by Crippen LogP contribution is 2.17. The van der Waals surface area contributed by atoms with E-state index in [-0.39, 0.29) is 0 Å². The molecule has 5 heteroatoms. The average molecular weight is 253 g/mol. The summed E-state index contributed by atoms with van der Waals surface area (Å²) in [6.07, 6.45) is 1.02. The van der Waals surface area contributed by atoms with Crippen molar-refractivity contribution in [2.45, 2.75) is 32.9 Å². The molecule has 1 unspecified atom stereocenters. The van der Waals surface area contributed by atoms with Crippen LogP contribution >= 0.6 is 22.7 Å². The van der Waals surface area contributed by atoms with Gasteiger partial charge in [-0.1, -0.05) is 6.92 Å². The van der Waals surface area contributed by atoms with Crippen LogP contribution in [-0.2, 0) is 13.0 Å². The van der Waals surface area contributed by atoms with Gasteiger partial charge in [-0.3, -0.25) is 0 Å². The first-order valence-electron chi connectivity index (χ1n) is 5.34. The molecule has 0 amide bonds. The van der Waals surface area contributed by atoms with Gasteiger partial charge in [0.2, 0.25) is 0 Å². The molecule has 16 heavy (non-hydrogen) atoms. The van der Waals surface area contributed by atoms with Crippen molar-refractivity contribution in [3.05, 3.63) is 32.7 Å². The number of aromatic nitrogens is 2. The Kier molecular flexibility index (Phi) is 4.04. The Labute approximate surface area is 104 Å². The molecule has 0 aromatic carbocycles. The fourth-order valence-electron chi connectivity index (χ4n) is 1.37. The molecule has 0 saturated carbocycles. The molecule has 3 nitrogen and oxygen atoms in total. The molecule has 0 bridgehead atoms. The van der Waals surface area contributed by atoms with Crippen LogP contribution in [0.25, 0.3) is 0 Å². The average Bonchev–Trinajstić information content (AvgIpc) is 2.96. The van der Waals surface area contributed by atoms with Crippen LogP contribution in [0.3, 0.4) is 0 Å². The van der Waals surface area contributed by atoms with Crippen LogP contribution in [0.15, 0.2) is 16.3 Å². The molecule has 0 fully saturated rings. The number of nitrogens with one attached hydrogen (secondary N) is 1. The molecule has 1 atom stereocenters. The highest BCUT2D eigenvalue weighted by molar-refractivity contribution is 7.09. The lowest BCUT2D eigenvalue weighted by Crippen LogP contribution is -2.18. The first-order valence-corrected chi connectivity index (χ1v) is 7.16. The van der Waals surface area contributed by atoms with E-state index >= 15 is 0 Å². The SMILES string of the molecule is CCc1nc(C(C)NCc2cscn2)cs1. The van der Waals surface area contributed by atoms with Gasteiger partial charge in [0.25, 0.3) is 0 Å². The fourth-order valence-corrected chi connectivity index (χ4v) is 2.77. The number of thiazole rings is 2. The number of hydrogen-bond donors (Lipinski definition) is 1. The smallest absolute Gasteiger partial charge is 0.0926 e. The summed E-state index contributed by atoms with van der Waals surface area (Å²) < 4.78 is 0. The van der Waals surface area contributed by atoms with E-state index in [2.05, 4.69) is 39.9 Å². The molecule has 0 saturated heterocycles. The molecule has 0 aliphatic carbocycles. The van der Waals surface area contributed by atoms with Crippen LogP contribution < -0.4 is 5.32 Å². The number of nitrogens with zero attached hydrogens (tertiary/aromatic N) is 2. The van der Waals surface area contributed by atoms with Crippen molar-refractivity contribution in [2.75, 3.05) is 0 Å². The summed E-state index contributed by atoms with van der Waals surface area (Å²) in [6.45, 7) is 5.08. The van der Waals surface area contributed by atoms with E-state index in [0.717, 1.165) is 24.4 Å². The van der Waals surface area contributed by atoms with Crippen LogP contribution in [0.1, 0.15) is 36.3 Å². The maximum Gasteiger partial charge on any atom is 0.0926 e. The fraction of sp³-hybridized carbons (Fsp3) is 0.455. The van der Waals surface area contributed by atoms with E-state index in [1.807, 2.05) is 5.51 Å². The molecule has 86 valence electrons. The Balaban J connectivity index is 1.90. The molecule has 0 radical (unpaired) electrons. The zero-order valence-corrected chi connectivity index (χ0v) is 11.1. The van der Waals surface area contributed by atoms with Crippen LogP contribution in [0, 0.1) is 0 Å². The van der Waals surface area contributed by atoms with Gasteiger partial charge in [-0.05, 0) is 13.3 Å². The molecule has 0 spiro atoms. The van der Waals surface area contributed by atoms with Gasteiger partial charge in [0.1, 0.15) is 0 Å². The Morgan fingerprint density at radius 2 is 2.31 bits per heavy atom. The molecule has 0 aliphatic rings. The summed E-state index contributed by atoms with van der Waals surface area (Å²) in [5, 5.41) is 8.84. The Morgan fingerprint density at radius 1 is 1.44 bits per heavy atom. The Morgan fingerprint density at radius 3 is 2.94 bits per heavy atom. The van der Waals surface area contributed by atoms with Gasteiger partial charge in [-0.15, -0.1) is 22.7 Å². The number of hydrogen-bond acceptors (Lipinski definition) is 5. The Hall–Kier alpha value is -0.780. The Bertz CT molecular complexity index is 422. The molecule has 1 N–H and O–H groups in total. The second-order valence-electron chi connectivity index (χ2n) is 3.60. The third kappa shape index (κ3) is 2.87. The van der Waals surface area contributed by atoms with E-state index in [1.165, 1.54) is 5.01 Å². The third-order valence-corrected chi connectivity index (χ3v) is 4.04. The second-order valence-corrected chi connectivity index (χ2v) is 5.26. The number of rotatable bonds is 5. The van der Waals surface area contributed by atoms with Crippen molar-refractivity contribution in [1.29, 1.82) is 0 Å². The molecular formula is C11H15N3S2. The molecular weight excluding hydrogens is 238 g/mol. The summed E-state index contributed by atoms with van der Waals surface area (Å²) in [5.41, 5.74) is 4.10. The molecule has 2 heterocycles. The minimum Gasteiger partial charge on any atom is -0.303 e. The van der Waals surface area contributed by atoms with Crippen molar-refractivity contribution < 1.29 is 0 Å². The lowest BCUT2D eigenvalue weighted by Gasteiger charge is -2.09. The first-order chi connectivity index (χ1) is 7.79. The van der Waals surface area contributed by atoms with Gasteiger partial charge < -0.3 is 5.32 Å². The van der Waals surface area contributed by atoms with Gasteiger partial charge in [0.15, 0.2) is 0 Å². The van der Waals surface area contributed by atoms with E-state index in [9.17, 15) is 0 Å². The lowest BCUT2D eigenvalue weighted by atomic mass is 10.2. The quantitative estimate of drug-likeness (QED) is 0.890. The van der Waals surface area contributed by atoms with Gasteiger partial charge in [0, 0.05) is 23.3 Å². The van der Waals surface area contributed by atoms with E-state index in [1.54, 1.807) is 22.7 Å². The lowest BCUT2D eigenvalue weighted by molar-refractivity contribution is 0.558. The zero-order chi connectivity index (χ0) is 11.4. The maximum atomic E-state index is 4.57. The summed E-state index contributed by atoms with van der Waals surface area (Å²) in [7, 11) is 0. The highest BCUT2D eigenvalue weighted by Gasteiger charge is 2.09. The topological polar surface area (TPSA) is 37.8 Å². The van der Waals surface area contributed by atoms with Crippen LogP contribution in [-0.4, -0.2) is 9.97 Å². The van der Waals surface area contributed by atoms with Crippen LogP contribution in [0.5, 0.6) is 0 Å². The van der Waals surface area contributed by atoms with Crippen molar-refractivity contribution in [2.24, 2.45) is 0 Å². The second kappa shape index (κ2) is 5.52. The summed E-state index contributed by atoms with van der Waals surface area (Å²) in [4.78, 5) is 8.81. The zero-order valence-electron chi connectivity index (χ0n) is 9.43. The van der Waals surface area contributed by atoms with Gasteiger partial charge in [0.05, 0.1) is 21.9 Å². The standard InChI is InChI=1S/C11H15N3S2/c1-3-11-14-10(6-16-11)8(2)12-4-9-5-15-7-13-9/h5-8,12H,3-4H2,1-2H3. The monoisotopic (exact) mass is 253 g/mol. The third-order valence-electron chi connectivity index (χ3n) is 2.39. The number of aryl methyl sites for hydroxylation is 1. The maximum absolute atomic E-state index is 4.57. The first kappa shape index (κ1) is 11.7. The summed E-state index contributed by atoms with van der Waals surface area (Å²) >= 11 is 3.37. The molecule has 2 aromatic heterocycles. The van der Waals surface area contributed by atoms with Crippen LogP contribution in [0.4, 0.5) is 0 Å². The summed E-state index contributed by atoms with van der Waals surface area (Å²) in [6, 6.07) is 0.290. The van der Waals surface area contributed by atoms with E-state index < -0.39 is 0 Å². The normalized spacial score (nSPS) is 12.9. The van der Waals surface area contributed by atoms with Gasteiger partial charge >= 0.3 is 0 Å². The largest absolute Gasteiger partial charge is 0.303 e. The van der Waals surface area contributed by atoms with Gasteiger partial charge in [-0.2, -0.15) is 0 Å². The van der Waals surface area contributed by atoms with E-state index in [0.29, 0.717) is 6.04 Å². The van der Waals surface area contributed by atoms with Crippen LogP contribution in [0.2, 0.25) is 0 Å². The molecule has 2 aromatic rings. The predicted octanol–water partition coefficient (Wildman–Crippen LogP) is 3.01. The molecule has 0 aliphatic heterocycles. The van der Waals surface area contributed by atoms with Crippen molar-refractivity contribution in [3.8, 4) is 0 Å². The van der Waals surface area contributed by atoms with Crippen molar-refractivity contribution >= 4 is 22.7 Å². The predicted molar refractivity (Wildman–Crippen MR) is 68.9 cm³/mol. The summed E-state index contributed by atoms with van der Waals surface area (Å²) in [5.74, 6) is 0.